The van der Waals surface area contributed by atoms with Crippen LogP contribution in [0.25, 0.3) is 0 Å². The first-order valence-electron chi connectivity index (χ1n) is 5.07. The summed E-state index contributed by atoms with van der Waals surface area (Å²) < 4.78 is 4.85. The molecule has 1 aromatic carbocycles. The number of nitrogens with one attached hydrogen (secondary N) is 1. The van der Waals surface area contributed by atoms with E-state index in [4.69, 9.17) is 33.7 Å². The summed E-state index contributed by atoms with van der Waals surface area (Å²) >= 11 is 11.7. The van der Waals surface area contributed by atoms with Crippen molar-refractivity contribution in [3.05, 3.63) is 33.8 Å². The summed E-state index contributed by atoms with van der Waals surface area (Å²) in [5.74, 6) is 0. The van der Waals surface area contributed by atoms with E-state index in [-0.39, 0.29) is 12.6 Å². The van der Waals surface area contributed by atoms with Crippen LogP contribution in [0.3, 0.4) is 0 Å². The molecule has 0 heterocycles. The number of hydrogen-bond donors (Lipinski definition) is 2. The van der Waals surface area contributed by atoms with E-state index in [1.165, 1.54) is 7.05 Å². The van der Waals surface area contributed by atoms with Gasteiger partial charge in [-0.15, -0.1) is 0 Å². The predicted octanol–water partition coefficient (Wildman–Crippen LogP) is 2.22. The van der Waals surface area contributed by atoms with Gasteiger partial charge in [-0.3, -0.25) is 0 Å². The maximum Gasteiger partial charge on any atom is 0.406 e. The van der Waals surface area contributed by atoms with Crippen LogP contribution in [0, 0.1) is 0 Å². The van der Waals surface area contributed by atoms with Crippen molar-refractivity contribution in [1.29, 1.82) is 0 Å². The molecule has 4 nitrogen and oxygen atoms in total. The fourth-order valence-corrected chi connectivity index (χ4v) is 1.60. The molecule has 1 amide bonds. The first-order chi connectivity index (χ1) is 8.02. The van der Waals surface area contributed by atoms with E-state index in [1.807, 2.05) is 6.07 Å². The summed E-state index contributed by atoms with van der Waals surface area (Å²) in [5, 5.41) is 3.34. The molecule has 1 rings (SSSR count). The van der Waals surface area contributed by atoms with Gasteiger partial charge in [0.1, 0.15) is 6.61 Å². The number of rotatable bonds is 4. The molecular weight excluding hydrogens is 263 g/mol. The Morgan fingerprint density at radius 3 is 2.76 bits per heavy atom. The van der Waals surface area contributed by atoms with Gasteiger partial charge in [0, 0.05) is 13.1 Å². The number of carbonyl (C=O) groups is 1. The van der Waals surface area contributed by atoms with E-state index >= 15 is 0 Å². The molecule has 6 heteroatoms. The summed E-state index contributed by atoms with van der Waals surface area (Å²) in [6, 6.07) is 5.04. The second-order valence-electron chi connectivity index (χ2n) is 3.56. The highest BCUT2D eigenvalue weighted by atomic mass is 35.5. The maximum absolute atomic E-state index is 10.8. The lowest BCUT2D eigenvalue weighted by Crippen LogP contribution is -2.32. The van der Waals surface area contributed by atoms with Gasteiger partial charge in [-0.05, 0) is 24.1 Å². The first-order valence-corrected chi connectivity index (χ1v) is 5.82. The molecule has 94 valence electrons. The van der Waals surface area contributed by atoms with E-state index in [2.05, 4.69) is 5.32 Å². The molecule has 0 aliphatic carbocycles. The molecule has 0 aromatic heterocycles. The average molecular weight is 277 g/mol. The second-order valence-corrected chi connectivity index (χ2v) is 4.38. The van der Waals surface area contributed by atoms with Crippen molar-refractivity contribution in [2.24, 2.45) is 5.73 Å². The van der Waals surface area contributed by atoms with Crippen molar-refractivity contribution in [2.75, 3.05) is 13.7 Å². The molecule has 17 heavy (non-hydrogen) atoms. The summed E-state index contributed by atoms with van der Waals surface area (Å²) in [5.41, 5.74) is 6.77. The van der Waals surface area contributed by atoms with Crippen LogP contribution in [-0.2, 0) is 11.2 Å². The van der Waals surface area contributed by atoms with Crippen LogP contribution in [0.2, 0.25) is 10.0 Å². The maximum atomic E-state index is 10.8. The van der Waals surface area contributed by atoms with E-state index < -0.39 is 6.09 Å². The predicted molar refractivity (Wildman–Crippen MR) is 68.5 cm³/mol. The zero-order valence-corrected chi connectivity index (χ0v) is 10.9. The lowest BCUT2D eigenvalue weighted by molar-refractivity contribution is 0.141. The van der Waals surface area contributed by atoms with Crippen molar-refractivity contribution >= 4 is 29.3 Å². The minimum Gasteiger partial charge on any atom is -0.448 e. The van der Waals surface area contributed by atoms with Crippen molar-refractivity contribution in [3.8, 4) is 0 Å². The Balaban J connectivity index is 2.47. The zero-order chi connectivity index (χ0) is 12.8. The normalized spacial score (nSPS) is 12.0. The molecule has 0 saturated carbocycles. The highest BCUT2D eigenvalue weighted by Crippen LogP contribution is 2.22. The topological polar surface area (TPSA) is 64.3 Å². The third-order valence-corrected chi connectivity index (χ3v) is 2.85. The lowest BCUT2D eigenvalue weighted by Gasteiger charge is -2.12. The number of benzene rings is 1. The van der Waals surface area contributed by atoms with E-state index in [0.717, 1.165) is 5.56 Å². The van der Waals surface area contributed by atoms with Gasteiger partial charge in [0.2, 0.25) is 0 Å². The van der Waals surface area contributed by atoms with Gasteiger partial charge in [0.25, 0.3) is 0 Å². The smallest absolute Gasteiger partial charge is 0.406 e. The highest BCUT2D eigenvalue weighted by molar-refractivity contribution is 6.42. The fourth-order valence-electron chi connectivity index (χ4n) is 1.28. The quantitative estimate of drug-likeness (QED) is 0.886. The summed E-state index contributed by atoms with van der Waals surface area (Å²) in [7, 11) is 1.49. The Bertz CT molecular complexity index is 399. The molecule has 0 aliphatic heterocycles. The standard InChI is InChI=1S/C11H14Cl2N2O2/c1-15-11(16)17-6-8(14)4-7-2-3-9(12)10(13)5-7/h2-3,5,8H,4,6,14H2,1H3,(H,15,16). The number of ether oxygens (including phenoxy) is 1. The Morgan fingerprint density at radius 2 is 2.18 bits per heavy atom. The molecule has 0 spiro atoms. The molecule has 1 atom stereocenters. The van der Waals surface area contributed by atoms with Crippen LogP contribution in [0.4, 0.5) is 4.79 Å². The Hall–Kier alpha value is -0.970. The minimum absolute atomic E-state index is 0.153. The highest BCUT2D eigenvalue weighted by Gasteiger charge is 2.08. The van der Waals surface area contributed by atoms with Gasteiger partial charge in [0.05, 0.1) is 10.0 Å². The van der Waals surface area contributed by atoms with Gasteiger partial charge < -0.3 is 15.8 Å². The monoisotopic (exact) mass is 276 g/mol. The lowest BCUT2D eigenvalue weighted by atomic mass is 10.1. The van der Waals surface area contributed by atoms with Crippen LogP contribution < -0.4 is 11.1 Å². The Labute approximate surface area is 110 Å². The summed E-state index contributed by atoms with van der Waals surface area (Å²) in [6.07, 6.45) is 0.0723. The third kappa shape index (κ3) is 4.81. The van der Waals surface area contributed by atoms with Crippen LogP contribution in [0.5, 0.6) is 0 Å². The van der Waals surface area contributed by atoms with E-state index in [1.54, 1.807) is 12.1 Å². The number of amides is 1. The molecule has 0 radical (unpaired) electrons. The Kier molecular flexibility index (Phi) is 5.55. The molecule has 1 aromatic rings. The van der Waals surface area contributed by atoms with E-state index in [0.29, 0.717) is 16.5 Å². The zero-order valence-electron chi connectivity index (χ0n) is 9.37. The SMILES string of the molecule is CNC(=O)OCC(N)Cc1ccc(Cl)c(Cl)c1. The molecule has 3 N–H and O–H groups in total. The molecule has 0 saturated heterocycles. The van der Waals surface area contributed by atoms with Gasteiger partial charge in [-0.1, -0.05) is 29.3 Å². The van der Waals surface area contributed by atoms with Crippen LogP contribution >= 0.6 is 23.2 Å². The van der Waals surface area contributed by atoms with Crippen molar-refractivity contribution < 1.29 is 9.53 Å². The summed E-state index contributed by atoms with van der Waals surface area (Å²) in [4.78, 5) is 10.8. The number of hydrogen-bond acceptors (Lipinski definition) is 3. The number of nitrogens with two attached hydrogens (primary N) is 1. The van der Waals surface area contributed by atoms with Crippen molar-refractivity contribution in [1.82, 2.24) is 5.32 Å². The second kappa shape index (κ2) is 6.69. The molecular formula is C11H14Cl2N2O2. The molecule has 1 unspecified atom stereocenters. The molecule has 0 aliphatic rings. The number of alkyl carbamates (subject to hydrolysis) is 1. The van der Waals surface area contributed by atoms with Gasteiger partial charge in [-0.25, -0.2) is 4.79 Å². The van der Waals surface area contributed by atoms with Gasteiger partial charge in [-0.2, -0.15) is 0 Å². The van der Waals surface area contributed by atoms with Crippen LogP contribution in [0.1, 0.15) is 5.56 Å². The first kappa shape index (κ1) is 14.1. The molecule has 0 fully saturated rings. The summed E-state index contributed by atoms with van der Waals surface area (Å²) in [6.45, 7) is 0.153. The van der Waals surface area contributed by atoms with Gasteiger partial charge in [0.15, 0.2) is 0 Å². The van der Waals surface area contributed by atoms with Crippen molar-refractivity contribution in [2.45, 2.75) is 12.5 Å². The fraction of sp³-hybridized carbons (Fsp3) is 0.364. The Morgan fingerprint density at radius 1 is 1.47 bits per heavy atom. The van der Waals surface area contributed by atoms with Crippen LogP contribution in [0.15, 0.2) is 18.2 Å². The van der Waals surface area contributed by atoms with Gasteiger partial charge >= 0.3 is 6.09 Å². The number of carbonyl (C=O) groups excluding carboxylic acids is 1. The minimum atomic E-state index is -0.491. The van der Waals surface area contributed by atoms with Crippen molar-refractivity contribution in [3.63, 3.8) is 0 Å². The largest absolute Gasteiger partial charge is 0.448 e. The van der Waals surface area contributed by atoms with E-state index in [9.17, 15) is 4.79 Å². The third-order valence-electron chi connectivity index (χ3n) is 2.11. The number of halogens is 2. The molecule has 0 bridgehead atoms. The average Bonchev–Trinajstić information content (AvgIpc) is 2.31. The van der Waals surface area contributed by atoms with Crippen LogP contribution in [-0.4, -0.2) is 25.8 Å².